The van der Waals surface area contributed by atoms with E-state index in [0.717, 1.165) is 5.56 Å². The molecule has 0 fully saturated rings. The van der Waals surface area contributed by atoms with E-state index in [1.165, 1.54) is 12.1 Å². The van der Waals surface area contributed by atoms with Crippen LogP contribution in [0.5, 0.6) is 0 Å². The first kappa shape index (κ1) is 13.9. The van der Waals surface area contributed by atoms with Crippen LogP contribution in [0.3, 0.4) is 0 Å². The SMILES string of the molecule is NC(=O)c1cccc(N)c1NCCc1ccc(F)cc1. The predicted octanol–water partition coefficient (Wildman–Crippen LogP) is 2.16. The van der Waals surface area contributed by atoms with Crippen molar-refractivity contribution in [1.82, 2.24) is 0 Å². The molecular weight excluding hydrogens is 257 g/mol. The van der Waals surface area contributed by atoms with E-state index in [1.807, 2.05) is 0 Å². The van der Waals surface area contributed by atoms with Crippen molar-refractivity contribution in [2.24, 2.45) is 5.73 Å². The number of nitrogens with two attached hydrogens (primary N) is 2. The van der Waals surface area contributed by atoms with Crippen molar-refractivity contribution < 1.29 is 9.18 Å². The highest BCUT2D eigenvalue weighted by molar-refractivity contribution is 6.01. The summed E-state index contributed by atoms with van der Waals surface area (Å²) in [5.41, 5.74) is 13.5. The van der Waals surface area contributed by atoms with Gasteiger partial charge in [-0.2, -0.15) is 0 Å². The average Bonchev–Trinajstić information content (AvgIpc) is 2.42. The minimum Gasteiger partial charge on any atom is -0.397 e. The number of anilines is 2. The summed E-state index contributed by atoms with van der Waals surface area (Å²) in [6.45, 7) is 0.570. The summed E-state index contributed by atoms with van der Waals surface area (Å²) in [6.07, 6.45) is 0.687. The third-order valence-electron chi connectivity index (χ3n) is 2.99. The smallest absolute Gasteiger partial charge is 0.250 e. The summed E-state index contributed by atoms with van der Waals surface area (Å²) in [5.74, 6) is -0.786. The molecular formula is C15H16FN3O. The highest BCUT2D eigenvalue weighted by atomic mass is 19.1. The highest BCUT2D eigenvalue weighted by Crippen LogP contribution is 2.23. The molecule has 0 heterocycles. The Morgan fingerprint density at radius 1 is 1.15 bits per heavy atom. The van der Waals surface area contributed by atoms with Gasteiger partial charge in [0.2, 0.25) is 0 Å². The number of nitrogens with one attached hydrogen (secondary N) is 1. The van der Waals surface area contributed by atoms with Crippen molar-refractivity contribution in [1.29, 1.82) is 0 Å². The molecule has 0 aromatic heterocycles. The lowest BCUT2D eigenvalue weighted by atomic mass is 10.1. The summed E-state index contributed by atoms with van der Waals surface area (Å²) in [4.78, 5) is 11.3. The molecule has 0 saturated carbocycles. The van der Waals surface area contributed by atoms with Gasteiger partial charge < -0.3 is 16.8 Å². The second-order valence-corrected chi connectivity index (χ2v) is 4.44. The number of carbonyl (C=O) groups excluding carboxylic acids is 1. The van der Waals surface area contributed by atoms with Gasteiger partial charge in [0.05, 0.1) is 16.9 Å². The van der Waals surface area contributed by atoms with Crippen LogP contribution in [0.1, 0.15) is 15.9 Å². The molecule has 0 aliphatic carbocycles. The molecule has 4 nitrogen and oxygen atoms in total. The second kappa shape index (κ2) is 6.06. The summed E-state index contributed by atoms with van der Waals surface area (Å²) in [5, 5.41) is 3.11. The molecule has 0 atom stereocenters. The molecule has 2 aromatic rings. The molecule has 0 radical (unpaired) electrons. The van der Waals surface area contributed by atoms with E-state index in [-0.39, 0.29) is 5.82 Å². The number of hydrogen-bond donors (Lipinski definition) is 3. The van der Waals surface area contributed by atoms with Gasteiger partial charge >= 0.3 is 0 Å². The summed E-state index contributed by atoms with van der Waals surface area (Å²) in [7, 11) is 0. The van der Waals surface area contributed by atoms with Crippen LogP contribution in [0, 0.1) is 5.82 Å². The largest absolute Gasteiger partial charge is 0.397 e. The molecule has 5 heteroatoms. The zero-order valence-electron chi connectivity index (χ0n) is 10.9. The van der Waals surface area contributed by atoms with Crippen LogP contribution < -0.4 is 16.8 Å². The van der Waals surface area contributed by atoms with Crippen molar-refractivity contribution in [3.8, 4) is 0 Å². The molecule has 1 amide bonds. The first-order valence-corrected chi connectivity index (χ1v) is 6.24. The monoisotopic (exact) mass is 273 g/mol. The summed E-state index contributed by atoms with van der Waals surface area (Å²) >= 11 is 0. The van der Waals surface area contributed by atoms with E-state index in [4.69, 9.17) is 11.5 Å². The first-order chi connectivity index (χ1) is 9.58. The maximum absolute atomic E-state index is 12.8. The number of hydrogen-bond acceptors (Lipinski definition) is 3. The predicted molar refractivity (Wildman–Crippen MR) is 78.0 cm³/mol. The number of para-hydroxylation sites is 1. The minimum absolute atomic E-state index is 0.259. The topological polar surface area (TPSA) is 81.1 Å². The first-order valence-electron chi connectivity index (χ1n) is 6.24. The molecule has 5 N–H and O–H groups in total. The van der Waals surface area contributed by atoms with Gasteiger partial charge in [-0.3, -0.25) is 4.79 Å². The van der Waals surface area contributed by atoms with E-state index >= 15 is 0 Å². The van der Waals surface area contributed by atoms with E-state index in [2.05, 4.69) is 5.32 Å². The van der Waals surface area contributed by atoms with Gasteiger partial charge in [-0.15, -0.1) is 0 Å². The summed E-state index contributed by atoms with van der Waals surface area (Å²) < 4.78 is 12.8. The van der Waals surface area contributed by atoms with Crippen molar-refractivity contribution >= 4 is 17.3 Å². The molecule has 0 bridgehead atoms. The Hall–Kier alpha value is -2.56. The fourth-order valence-electron chi connectivity index (χ4n) is 1.96. The molecule has 0 saturated heterocycles. The molecule has 0 aliphatic rings. The average molecular weight is 273 g/mol. The quantitative estimate of drug-likeness (QED) is 0.730. The lowest BCUT2D eigenvalue weighted by Crippen LogP contribution is -2.16. The zero-order valence-corrected chi connectivity index (χ0v) is 10.9. The van der Waals surface area contributed by atoms with Crippen LogP contribution in [0.2, 0.25) is 0 Å². The van der Waals surface area contributed by atoms with Crippen LogP contribution in [-0.4, -0.2) is 12.5 Å². The van der Waals surface area contributed by atoms with Crippen LogP contribution in [0.15, 0.2) is 42.5 Å². The molecule has 104 valence electrons. The van der Waals surface area contributed by atoms with Crippen molar-refractivity contribution in [2.75, 3.05) is 17.6 Å². The van der Waals surface area contributed by atoms with Crippen LogP contribution in [0.25, 0.3) is 0 Å². The lowest BCUT2D eigenvalue weighted by Gasteiger charge is -2.12. The number of primary amides is 1. The fraction of sp³-hybridized carbons (Fsp3) is 0.133. The Bertz CT molecular complexity index is 611. The lowest BCUT2D eigenvalue weighted by molar-refractivity contribution is 0.100. The van der Waals surface area contributed by atoms with Crippen LogP contribution in [0.4, 0.5) is 15.8 Å². The molecule has 2 rings (SSSR count). The Kier molecular flexibility index (Phi) is 4.20. The Morgan fingerprint density at radius 3 is 2.50 bits per heavy atom. The molecule has 20 heavy (non-hydrogen) atoms. The second-order valence-electron chi connectivity index (χ2n) is 4.44. The Balaban J connectivity index is 2.04. The van der Waals surface area contributed by atoms with Gasteiger partial charge in [-0.1, -0.05) is 18.2 Å². The van der Waals surface area contributed by atoms with Gasteiger partial charge in [-0.25, -0.2) is 4.39 Å². The normalized spacial score (nSPS) is 10.2. The number of halogens is 1. The summed E-state index contributed by atoms with van der Waals surface area (Å²) in [6, 6.07) is 11.3. The molecule has 0 spiro atoms. The number of nitrogen functional groups attached to an aromatic ring is 1. The van der Waals surface area contributed by atoms with E-state index in [0.29, 0.717) is 29.9 Å². The fourth-order valence-corrected chi connectivity index (χ4v) is 1.96. The van der Waals surface area contributed by atoms with Crippen LogP contribution in [-0.2, 0) is 6.42 Å². The van der Waals surface area contributed by atoms with Gasteiger partial charge in [0.25, 0.3) is 5.91 Å². The molecule has 2 aromatic carbocycles. The van der Waals surface area contributed by atoms with Crippen LogP contribution >= 0.6 is 0 Å². The number of carbonyl (C=O) groups is 1. The third kappa shape index (κ3) is 3.26. The van der Waals surface area contributed by atoms with Crippen molar-refractivity contribution in [3.05, 3.63) is 59.4 Å². The number of benzene rings is 2. The Labute approximate surface area is 116 Å². The Morgan fingerprint density at radius 2 is 1.85 bits per heavy atom. The van der Waals surface area contributed by atoms with Crippen molar-refractivity contribution in [2.45, 2.75) is 6.42 Å². The zero-order chi connectivity index (χ0) is 14.5. The van der Waals surface area contributed by atoms with Gasteiger partial charge in [-0.05, 0) is 36.2 Å². The molecule has 0 unspecified atom stereocenters. The van der Waals surface area contributed by atoms with E-state index in [1.54, 1.807) is 30.3 Å². The van der Waals surface area contributed by atoms with Gasteiger partial charge in [0.1, 0.15) is 5.82 Å². The maximum atomic E-state index is 12.8. The van der Waals surface area contributed by atoms with Gasteiger partial charge in [0, 0.05) is 6.54 Å². The van der Waals surface area contributed by atoms with E-state index in [9.17, 15) is 9.18 Å². The number of rotatable bonds is 5. The highest BCUT2D eigenvalue weighted by Gasteiger charge is 2.10. The standard InChI is InChI=1S/C15H16FN3O/c16-11-6-4-10(5-7-11)8-9-19-14-12(15(18)20)2-1-3-13(14)17/h1-7,19H,8-9,17H2,(H2,18,20). The maximum Gasteiger partial charge on any atom is 0.250 e. The third-order valence-corrected chi connectivity index (χ3v) is 2.99. The van der Waals surface area contributed by atoms with Gasteiger partial charge in [0.15, 0.2) is 0 Å². The molecule has 0 aliphatic heterocycles. The van der Waals surface area contributed by atoms with E-state index < -0.39 is 5.91 Å². The minimum atomic E-state index is -0.526. The van der Waals surface area contributed by atoms with Crippen molar-refractivity contribution in [3.63, 3.8) is 0 Å². The number of amides is 1.